The third kappa shape index (κ3) is 3.94. The van der Waals surface area contributed by atoms with Crippen LogP contribution in [0.3, 0.4) is 0 Å². The van der Waals surface area contributed by atoms with Gasteiger partial charge in [-0.05, 0) is 73.4 Å². The summed E-state index contributed by atoms with van der Waals surface area (Å²) in [6, 6.07) is 57.0. The van der Waals surface area contributed by atoms with Crippen LogP contribution >= 0.6 is 11.3 Å². The molecule has 2 nitrogen and oxygen atoms in total. The van der Waals surface area contributed by atoms with Gasteiger partial charge in [-0.15, -0.1) is 11.3 Å². The van der Waals surface area contributed by atoms with Gasteiger partial charge in [0.1, 0.15) is 0 Å². The van der Waals surface area contributed by atoms with Gasteiger partial charge < -0.3 is 0 Å². The average molecular weight is 639 g/mol. The molecule has 0 radical (unpaired) electrons. The number of nitrogens with zero attached hydrogens (tertiary/aromatic N) is 2. The first-order chi connectivity index (χ1) is 24.3. The first-order valence-corrected chi connectivity index (χ1v) is 17.5. The summed E-state index contributed by atoms with van der Waals surface area (Å²) in [5.41, 5.74) is 6.03. The van der Waals surface area contributed by atoms with Crippen LogP contribution in [0.25, 0.3) is 108 Å². The minimum absolute atomic E-state index is 0.929. The minimum atomic E-state index is 0.929. The summed E-state index contributed by atoms with van der Waals surface area (Å²) in [4.78, 5) is 10.5. The summed E-state index contributed by atoms with van der Waals surface area (Å²) in [5.74, 6) is 0. The quantitative estimate of drug-likeness (QED) is 0.176. The first kappa shape index (κ1) is 26.9. The third-order valence-electron chi connectivity index (χ3n) is 10.2. The van der Waals surface area contributed by atoms with Gasteiger partial charge in [0.15, 0.2) is 0 Å². The summed E-state index contributed by atoms with van der Waals surface area (Å²) < 4.78 is 2.58. The second kappa shape index (κ2) is 10.2. The molecule has 0 fully saturated rings. The van der Waals surface area contributed by atoms with Crippen LogP contribution in [-0.2, 0) is 0 Å². The first-order valence-electron chi connectivity index (χ1n) is 16.7. The molecule has 0 unspecified atom stereocenters. The van der Waals surface area contributed by atoms with E-state index in [1.807, 2.05) is 17.4 Å². The normalized spacial score (nSPS) is 12.1. The number of benzene rings is 8. The molecule has 3 heterocycles. The fraction of sp³-hybridized carbons (Fsp3) is 0. The van der Waals surface area contributed by atoms with Crippen molar-refractivity contribution in [1.82, 2.24) is 9.97 Å². The summed E-state index contributed by atoms with van der Waals surface area (Å²) in [7, 11) is 0. The van der Waals surface area contributed by atoms with Crippen LogP contribution in [0.15, 0.2) is 158 Å². The Labute approximate surface area is 285 Å². The Morgan fingerprint density at radius 3 is 1.53 bits per heavy atom. The molecule has 0 bridgehead atoms. The Hall–Kier alpha value is -6.16. The van der Waals surface area contributed by atoms with Crippen molar-refractivity contribution in [2.24, 2.45) is 0 Å². The van der Waals surface area contributed by atoms with E-state index >= 15 is 0 Å². The topological polar surface area (TPSA) is 25.8 Å². The van der Waals surface area contributed by atoms with E-state index in [1.165, 1.54) is 63.3 Å². The van der Waals surface area contributed by atoms with Crippen LogP contribution < -0.4 is 0 Å². The zero-order valence-electron chi connectivity index (χ0n) is 26.3. The number of pyridine rings is 2. The molecule has 0 aliphatic heterocycles. The van der Waals surface area contributed by atoms with Crippen LogP contribution in [0.2, 0.25) is 0 Å². The smallest absolute Gasteiger partial charge is 0.0972 e. The maximum atomic E-state index is 5.37. The van der Waals surface area contributed by atoms with Crippen molar-refractivity contribution >= 4 is 96.4 Å². The van der Waals surface area contributed by atoms with Gasteiger partial charge in [0.05, 0.1) is 22.4 Å². The fourth-order valence-electron chi connectivity index (χ4n) is 7.94. The van der Waals surface area contributed by atoms with Gasteiger partial charge in [0.25, 0.3) is 0 Å². The van der Waals surface area contributed by atoms with Gasteiger partial charge in [-0.3, -0.25) is 0 Å². The minimum Gasteiger partial charge on any atom is -0.245 e. The zero-order valence-corrected chi connectivity index (χ0v) is 27.1. The number of rotatable bonds is 2. The third-order valence-corrected chi connectivity index (χ3v) is 11.3. The number of fused-ring (bicyclic) bond motifs is 14. The molecule has 49 heavy (non-hydrogen) atoms. The lowest BCUT2D eigenvalue weighted by Gasteiger charge is -2.12. The van der Waals surface area contributed by atoms with Crippen molar-refractivity contribution < 1.29 is 0 Å². The van der Waals surface area contributed by atoms with E-state index < -0.39 is 0 Å². The highest BCUT2D eigenvalue weighted by Crippen LogP contribution is 2.46. The predicted molar refractivity (Wildman–Crippen MR) is 211 cm³/mol. The van der Waals surface area contributed by atoms with Gasteiger partial charge in [-0.1, -0.05) is 127 Å². The van der Waals surface area contributed by atoms with Crippen molar-refractivity contribution in [3.05, 3.63) is 158 Å². The van der Waals surface area contributed by atoms with Gasteiger partial charge in [-0.2, -0.15) is 0 Å². The predicted octanol–water partition coefficient (Wildman–Crippen LogP) is 13.1. The Morgan fingerprint density at radius 2 is 0.857 bits per heavy atom. The Balaban J connectivity index is 1.19. The van der Waals surface area contributed by atoms with Gasteiger partial charge >= 0.3 is 0 Å². The van der Waals surface area contributed by atoms with Gasteiger partial charge in [0, 0.05) is 42.1 Å². The number of thiophene rings is 1. The van der Waals surface area contributed by atoms with Crippen LogP contribution in [0.1, 0.15) is 0 Å². The fourth-order valence-corrected chi connectivity index (χ4v) is 9.12. The zero-order chi connectivity index (χ0) is 32.1. The van der Waals surface area contributed by atoms with Crippen LogP contribution in [0.4, 0.5) is 0 Å². The molecule has 0 amide bonds. The number of aromatic nitrogens is 2. The standard InChI is InChI=1S/C46H26N2S/c1-2-10-27(11-3-1)40-22-20-28-18-19-29-21-23-41(48-46(29)45(28)47-40)38-26-43-44(35-17-9-8-16-34(35)38)39-24-36-32-14-6-4-12-30(32)31-13-5-7-15-33(31)37(36)25-42(39)49-43/h1-26H. The molecule has 0 saturated carbocycles. The highest BCUT2D eigenvalue weighted by atomic mass is 32.1. The lowest BCUT2D eigenvalue weighted by molar-refractivity contribution is 1.37. The van der Waals surface area contributed by atoms with E-state index in [9.17, 15) is 0 Å². The highest BCUT2D eigenvalue weighted by molar-refractivity contribution is 7.26. The molecule has 0 saturated heterocycles. The Kier molecular flexibility index (Phi) is 5.57. The SMILES string of the molecule is c1ccc(-c2ccc3ccc4ccc(-c5cc6sc7cc8c9ccccc9c9ccccc9c8cc7c6c6ccccc56)nc4c3n2)cc1. The molecule has 226 valence electrons. The summed E-state index contributed by atoms with van der Waals surface area (Å²) >= 11 is 1.88. The summed E-state index contributed by atoms with van der Waals surface area (Å²) in [6.45, 7) is 0. The maximum Gasteiger partial charge on any atom is 0.0972 e. The molecule has 3 heteroatoms. The average Bonchev–Trinajstić information content (AvgIpc) is 3.54. The largest absolute Gasteiger partial charge is 0.245 e. The summed E-state index contributed by atoms with van der Waals surface area (Å²) in [5, 5.41) is 15.1. The Morgan fingerprint density at radius 1 is 0.347 bits per heavy atom. The number of hydrogen-bond acceptors (Lipinski definition) is 3. The van der Waals surface area contributed by atoms with Crippen LogP contribution in [-0.4, -0.2) is 9.97 Å². The van der Waals surface area contributed by atoms with Crippen LogP contribution in [0.5, 0.6) is 0 Å². The molecule has 3 aromatic heterocycles. The Bertz CT molecular complexity index is 3160. The second-order valence-corrected chi connectivity index (χ2v) is 14.0. The van der Waals surface area contributed by atoms with Crippen molar-refractivity contribution in [2.45, 2.75) is 0 Å². The molecule has 0 N–H and O–H groups in total. The van der Waals surface area contributed by atoms with E-state index in [-0.39, 0.29) is 0 Å². The monoisotopic (exact) mass is 638 g/mol. The van der Waals surface area contributed by atoms with E-state index in [2.05, 4.69) is 152 Å². The molecular weight excluding hydrogens is 613 g/mol. The molecule has 0 spiro atoms. The summed E-state index contributed by atoms with van der Waals surface area (Å²) in [6.07, 6.45) is 0. The van der Waals surface area contributed by atoms with Crippen molar-refractivity contribution in [2.75, 3.05) is 0 Å². The lowest BCUT2D eigenvalue weighted by Crippen LogP contribution is -1.91. The van der Waals surface area contributed by atoms with Crippen molar-refractivity contribution in [3.8, 4) is 22.5 Å². The maximum absolute atomic E-state index is 5.37. The van der Waals surface area contributed by atoms with Crippen molar-refractivity contribution in [3.63, 3.8) is 0 Å². The van der Waals surface area contributed by atoms with Gasteiger partial charge in [-0.25, -0.2) is 9.97 Å². The highest BCUT2D eigenvalue weighted by Gasteiger charge is 2.18. The van der Waals surface area contributed by atoms with E-state index in [0.29, 0.717) is 0 Å². The molecule has 0 aliphatic rings. The lowest BCUT2D eigenvalue weighted by atomic mass is 9.92. The molecule has 11 aromatic rings. The van der Waals surface area contributed by atoms with Crippen molar-refractivity contribution in [1.29, 1.82) is 0 Å². The number of hydrogen-bond donors (Lipinski definition) is 0. The molecule has 0 aliphatic carbocycles. The van der Waals surface area contributed by atoms with Gasteiger partial charge in [0.2, 0.25) is 0 Å². The molecule has 11 rings (SSSR count). The van der Waals surface area contributed by atoms with E-state index in [4.69, 9.17) is 9.97 Å². The van der Waals surface area contributed by atoms with E-state index in [0.717, 1.165) is 44.3 Å². The molecule has 8 aromatic carbocycles. The van der Waals surface area contributed by atoms with E-state index in [1.54, 1.807) is 0 Å². The molecule has 0 atom stereocenters. The van der Waals surface area contributed by atoms with Crippen LogP contribution in [0, 0.1) is 0 Å². The molecular formula is C46H26N2S. The second-order valence-electron chi connectivity index (χ2n) is 12.9.